The van der Waals surface area contributed by atoms with Crippen molar-refractivity contribution in [3.63, 3.8) is 0 Å². The minimum atomic E-state index is -4.43. The van der Waals surface area contributed by atoms with Gasteiger partial charge in [0.2, 0.25) is 0 Å². The first-order valence-corrected chi connectivity index (χ1v) is 12.7. The molecule has 0 aromatic heterocycles. The molecular formula is C27H33F3N3O3+. The molecule has 0 amide bonds. The number of benzene rings is 2. The van der Waals surface area contributed by atoms with E-state index in [2.05, 4.69) is 16.3 Å². The summed E-state index contributed by atoms with van der Waals surface area (Å²) in [6, 6.07) is 8.38. The van der Waals surface area contributed by atoms with Gasteiger partial charge in [-0.05, 0) is 50.3 Å². The normalized spacial score (nSPS) is 24.6. The summed E-state index contributed by atoms with van der Waals surface area (Å²) in [6.07, 6.45) is -0.589. The topological polar surface area (TPSA) is 61.8 Å². The van der Waals surface area contributed by atoms with Crippen LogP contribution in [-0.4, -0.2) is 49.6 Å². The van der Waals surface area contributed by atoms with E-state index in [0.29, 0.717) is 48.6 Å². The number of carboxylic acids is 1. The molecule has 0 bridgehead atoms. The number of carbonyl (C=O) groups is 1. The van der Waals surface area contributed by atoms with Gasteiger partial charge in [-0.1, -0.05) is 12.1 Å². The molecule has 5 rings (SSSR count). The molecule has 2 atom stereocenters. The fourth-order valence-electron chi connectivity index (χ4n) is 6.47. The van der Waals surface area contributed by atoms with Gasteiger partial charge in [-0.3, -0.25) is 4.48 Å². The monoisotopic (exact) mass is 504 g/mol. The smallest absolute Gasteiger partial charge is 0.416 e. The van der Waals surface area contributed by atoms with Gasteiger partial charge in [-0.15, -0.1) is 0 Å². The molecule has 0 radical (unpaired) electrons. The first-order chi connectivity index (χ1) is 17.1. The lowest BCUT2D eigenvalue weighted by molar-refractivity contribution is -0.138. The fourth-order valence-corrected chi connectivity index (χ4v) is 6.47. The van der Waals surface area contributed by atoms with Crippen molar-refractivity contribution in [3.05, 3.63) is 52.6 Å². The highest BCUT2D eigenvalue weighted by molar-refractivity contribution is 6.01. The van der Waals surface area contributed by atoms with Crippen molar-refractivity contribution in [2.75, 3.05) is 36.5 Å². The molecule has 6 nitrogen and oxygen atoms in total. The molecule has 2 heterocycles. The zero-order valence-electron chi connectivity index (χ0n) is 20.7. The molecule has 1 saturated carbocycles. The number of ether oxygens (including phenoxy) is 1. The third-order valence-corrected chi connectivity index (χ3v) is 8.36. The van der Waals surface area contributed by atoms with Gasteiger partial charge in [0.1, 0.15) is 12.2 Å². The van der Waals surface area contributed by atoms with E-state index in [1.807, 2.05) is 6.92 Å². The third-order valence-electron chi connectivity index (χ3n) is 8.36. The zero-order valence-corrected chi connectivity index (χ0v) is 20.7. The molecule has 3 aliphatic rings. The SMILES string of the molecule is Cc1c(C[N+]2(C3CCCC3)c3cc(N4CCOCC4)cc(C(=O)O)c3NC2C)cccc1C(F)(F)F. The maximum Gasteiger partial charge on any atom is 0.416 e. The highest BCUT2D eigenvalue weighted by Gasteiger charge is 2.52. The van der Waals surface area contributed by atoms with Crippen molar-refractivity contribution < 1.29 is 27.8 Å². The Hall–Kier alpha value is -2.78. The number of quaternary nitrogens is 1. The van der Waals surface area contributed by atoms with E-state index < -0.39 is 17.7 Å². The molecule has 2 aromatic carbocycles. The van der Waals surface area contributed by atoms with Crippen LogP contribution in [0.1, 0.15) is 59.7 Å². The summed E-state index contributed by atoms with van der Waals surface area (Å²) >= 11 is 0. The Kier molecular flexibility index (Phi) is 6.41. The lowest BCUT2D eigenvalue weighted by Crippen LogP contribution is -2.60. The molecule has 2 unspecified atom stereocenters. The number of carboxylic acid groups (broad SMARTS) is 1. The fraction of sp³-hybridized carbons (Fsp3) is 0.519. The molecule has 2 aliphatic heterocycles. The van der Waals surface area contributed by atoms with E-state index >= 15 is 0 Å². The van der Waals surface area contributed by atoms with Crippen molar-refractivity contribution in [3.8, 4) is 0 Å². The Labute approximate surface area is 209 Å². The van der Waals surface area contributed by atoms with Gasteiger partial charge < -0.3 is 20.1 Å². The second kappa shape index (κ2) is 9.27. The number of halogens is 3. The van der Waals surface area contributed by atoms with Crippen molar-refractivity contribution in [1.82, 2.24) is 4.48 Å². The minimum Gasteiger partial charge on any atom is -0.478 e. The lowest BCUT2D eigenvalue weighted by atomic mass is 9.97. The maximum atomic E-state index is 13.8. The Bertz CT molecular complexity index is 1160. The number of morpholine rings is 1. The van der Waals surface area contributed by atoms with E-state index in [9.17, 15) is 23.1 Å². The zero-order chi connectivity index (χ0) is 25.7. The number of anilines is 2. The Morgan fingerprint density at radius 2 is 1.89 bits per heavy atom. The van der Waals surface area contributed by atoms with Crippen LogP contribution in [0.5, 0.6) is 0 Å². The van der Waals surface area contributed by atoms with Gasteiger partial charge in [0.15, 0.2) is 11.9 Å². The Morgan fingerprint density at radius 1 is 1.19 bits per heavy atom. The van der Waals surface area contributed by atoms with Crippen LogP contribution in [0, 0.1) is 6.92 Å². The largest absolute Gasteiger partial charge is 0.478 e. The molecule has 9 heteroatoms. The molecule has 36 heavy (non-hydrogen) atoms. The van der Waals surface area contributed by atoms with E-state index in [1.54, 1.807) is 19.1 Å². The summed E-state index contributed by atoms with van der Waals surface area (Å²) in [4.78, 5) is 14.5. The Balaban J connectivity index is 1.69. The Morgan fingerprint density at radius 3 is 2.53 bits per heavy atom. The summed E-state index contributed by atoms with van der Waals surface area (Å²) in [5, 5.41) is 13.6. The van der Waals surface area contributed by atoms with Crippen molar-refractivity contribution in [2.45, 2.75) is 64.5 Å². The van der Waals surface area contributed by atoms with Crippen molar-refractivity contribution in [2.24, 2.45) is 0 Å². The number of alkyl halides is 3. The number of rotatable bonds is 5. The van der Waals surface area contributed by atoms with E-state index in [1.165, 1.54) is 6.07 Å². The summed E-state index contributed by atoms with van der Waals surface area (Å²) in [7, 11) is 0. The van der Waals surface area contributed by atoms with E-state index in [0.717, 1.165) is 43.1 Å². The average Bonchev–Trinajstić information content (AvgIpc) is 3.47. The van der Waals surface area contributed by atoms with Gasteiger partial charge >= 0.3 is 12.1 Å². The van der Waals surface area contributed by atoms with Gasteiger partial charge in [-0.2, -0.15) is 13.2 Å². The standard InChI is InChI=1S/C27H32F3N3O3/c1-17-19(6-5-9-23(17)27(28,29)30)16-33(21-7-3-4-8-21)18(2)31-25-22(26(34)35)14-20(15-24(25)33)32-10-12-36-13-11-32/h5-6,9,14-15,18,21,31H,3-4,7-8,10-13,16H2,1-2H3/p+1. The van der Waals surface area contributed by atoms with Crippen LogP contribution in [-0.2, 0) is 17.5 Å². The average molecular weight is 505 g/mol. The van der Waals surface area contributed by atoms with Gasteiger partial charge in [0, 0.05) is 37.3 Å². The maximum absolute atomic E-state index is 13.8. The second-order valence-electron chi connectivity index (χ2n) is 10.2. The highest BCUT2D eigenvalue weighted by Crippen LogP contribution is 2.51. The van der Waals surface area contributed by atoms with Gasteiger partial charge in [-0.25, -0.2) is 4.79 Å². The van der Waals surface area contributed by atoms with Gasteiger partial charge in [0.25, 0.3) is 0 Å². The van der Waals surface area contributed by atoms with Crippen molar-refractivity contribution in [1.29, 1.82) is 0 Å². The first-order valence-electron chi connectivity index (χ1n) is 12.7. The number of nitrogens with one attached hydrogen (secondary N) is 1. The predicted molar refractivity (Wildman–Crippen MR) is 133 cm³/mol. The first kappa shape index (κ1) is 24.9. The van der Waals surface area contributed by atoms with Crippen LogP contribution < -0.4 is 14.7 Å². The summed E-state index contributed by atoms with van der Waals surface area (Å²) in [6.45, 7) is 6.41. The molecular weight excluding hydrogens is 471 g/mol. The third kappa shape index (κ3) is 4.12. The number of aromatic carboxylic acids is 1. The number of fused-ring (bicyclic) bond motifs is 1. The van der Waals surface area contributed by atoms with E-state index in [-0.39, 0.29) is 23.3 Å². The predicted octanol–water partition coefficient (Wildman–Crippen LogP) is 5.77. The minimum absolute atomic E-state index is 0.185. The summed E-state index contributed by atoms with van der Waals surface area (Å²) in [5.41, 5.74) is 2.76. The van der Waals surface area contributed by atoms with Crippen LogP contribution >= 0.6 is 0 Å². The lowest BCUT2D eigenvalue weighted by Gasteiger charge is -2.44. The molecule has 2 fully saturated rings. The van der Waals surface area contributed by atoms with Crippen LogP contribution in [0.4, 0.5) is 30.2 Å². The van der Waals surface area contributed by atoms with Crippen LogP contribution in [0.15, 0.2) is 30.3 Å². The molecule has 0 spiro atoms. The molecule has 194 valence electrons. The quantitative estimate of drug-likeness (QED) is 0.507. The number of nitrogens with zero attached hydrogens (tertiary/aromatic N) is 2. The molecule has 1 saturated heterocycles. The van der Waals surface area contributed by atoms with E-state index in [4.69, 9.17) is 4.74 Å². The summed E-state index contributed by atoms with van der Waals surface area (Å²) < 4.78 is 47.2. The van der Waals surface area contributed by atoms with Crippen LogP contribution in [0.25, 0.3) is 0 Å². The van der Waals surface area contributed by atoms with Crippen molar-refractivity contribution >= 4 is 23.0 Å². The number of hydrogen-bond acceptors (Lipinski definition) is 4. The van der Waals surface area contributed by atoms with Crippen LogP contribution in [0.2, 0.25) is 0 Å². The van der Waals surface area contributed by atoms with Crippen LogP contribution in [0.3, 0.4) is 0 Å². The summed E-state index contributed by atoms with van der Waals surface area (Å²) in [5.74, 6) is -1.01. The molecule has 1 aliphatic carbocycles. The highest BCUT2D eigenvalue weighted by atomic mass is 19.4. The number of hydrogen-bond donors (Lipinski definition) is 2. The molecule has 2 N–H and O–H groups in total. The second-order valence-corrected chi connectivity index (χ2v) is 10.2. The molecule has 2 aromatic rings. The van der Waals surface area contributed by atoms with Gasteiger partial charge in [0.05, 0.1) is 30.4 Å².